The Morgan fingerprint density at radius 3 is 0.613 bits per heavy atom. The molecule has 3 fully saturated rings. The first-order chi connectivity index (χ1) is 13.3. The van der Waals surface area contributed by atoms with E-state index < -0.39 is 0 Å². The molecule has 3 nitrogen and oxygen atoms in total. The average Bonchev–Trinajstić information content (AvgIpc) is 3.18. The van der Waals surface area contributed by atoms with Gasteiger partial charge in [-0.3, -0.25) is 14.7 Å². The highest BCUT2D eigenvalue weighted by Gasteiger charge is 2.24. The topological polar surface area (TPSA) is 9.72 Å². The molecule has 0 saturated carbocycles. The van der Waals surface area contributed by atoms with Crippen molar-refractivity contribution in [3.05, 3.63) is 0 Å². The number of nitrogens with zero attached hydrogens (tertiary/aromatic N) is 3. The summed E-state index contributed by atoms with van der Waals surface area (Å²) < 4.78 is 0. The molecule has 190 valence electrons. The van der Waals surface area contributed by atoms with Gasteiger partial charge in [-0.15, -0.1) is 0 Å². The molecule has 3 heterocycles. The van der Waals surface area contributed by atoms with Crippen molar-refractivity contribution in [1.82, 2.24) is 14.7 Å². The molecule has 0 atom stereocenters. The third-order valence-corrected chi connectivity index (χ3v) is 6.66. The van der Waals surface area contributed by atoms with Crippen LogP contribution in [0, 0.1) is 0 Å². The second-order valence-corrected chi connectivity index (χ2v) is 12.3. The van der Waals surface area contributed by atoms with Crippen LogP contribution in [0.2, 0.25) is 0 Å². The number of likely N-dealkylation sites (tertiary alicyclic amines) is 3. The van der Waals surface area contributed by atoms with E-state index in [9.17, 15) is 0 Å². The molecule has 0 amide bonds. The maximum absolute atomic E-state index is 2.58. The highest BCUT2D eigenvalue weighted by Crippen LogP contribution is 2.20. The lowest BCUT2D eigenvalue weighted by molar-refractivity contribution is 0.110. The molecule has 0 aromatic heterocycles. The summed E-state index contributed by atoms with van der Waals surface area (Å²) in [6.07, 6.45) is 11.3. The van der Waals surface area contributed by atoms with Crippen molar-refractivity contribution >= 4 is 0 Å². The third-order valence-electron chi connectivity index (χ3n) is 6.66. The minimum atomic E-state index is 0. The van der Waals surface area contributed by atoms with Crippen molar-refractivity contribution in [1.29, 1.82) is 0 Å². The standard InChI is InChI=1S/2C9H19N.C8H17N.2CH4/c2*1-9(2,3)10-7-5-4-6-8-10;1-8(2,3)9-6-4-5-7-9;;/h2*4-8H2,1-3H3;4-7H2,1-3H3;2*1H4. The summed E-state index contributed by atoms with van der Waals surface area (Å²) in [6.45, 7) is 28.5. The van der Waals surface area contributed by atoms with Gasteiger partial charge in [0.05, 0.1) is 0 Å². The lowest BCUT2D eigenvalue weighted by Gasteiger charge is -2.38. The fraction of sp³-hybridized carbons (Fsp3) is 1.00. The van der Waals surface area contributed by atoms with Crippen molar-refractivity contribution in [3.8, 4) is 0 Å². The second kappa shape index (κ2) is 14.9. The van der Waals surface area contributed by atoms with Gasteiger partial charge in [0, 0.05) is 16.6 Å². The molecular weight excluding hydrogens is 378 g/mol. The Balaban J connectivity index is 0. The molecule has 0 radical (unpaired) electrons. The van der Waals surface area contributed by atoms with Crippen molar-refractivity contribution in [2.45, 2.75) is 145 Å². The highest BCUT2D eigenvalue weighted by molar-refractivity contribution is 4.80. The van der Waals surface area contributed by atoms with Crippen LogP contribution in [-0.2, 0) is 0 Å². The molecule has 31 heavy (non-hydrogen) atoms. The lowest BCUT2D eigenvalue weighted by Crippen LogP contribution is -2.44. The van der Waals surface area contributed by atoms with Gasteiger partial charge in [0.25, 0.3) is 0 Å². The fourth-order valence-electron chi connectivity index (χ4n) is 4.52. The maximum atomic E-state index is 2.58. The normalized spacial score (nSPS) is 21.6. The Morgan fingerprint density at radius 2 is 0.484 bits per heavy atom. The molecule has 3 rings (SSSR count). The molecule has 0 bridgehead atoms. The van der Waals surface area contributed by atoms with Gasteiger partial charge in [0.1, 0.15) is 0 Å². The summed E-state index contributed by atoms with van der Waals surface area (Å²) in [5, 5.41) is 0. The summed E-state index contributed by atoms with van der Waals surface area (Å²) >= 11 is 0. The monoisotopic (exact) mass is 442 g/mol. The Hall–Kier alpha value is -0.120. The smallest absolute Gasteiger partial charge is 0.0125 e. The van der Waals surface area contributed by atoms with Crippen molar-refractivity contribution in [2.75, 3.05) is 39.3 Å². The van der Waals surface area contributed by atoms with Gasteiger partial charge in [-0.25, -0.2) is 0 Å². The Bertz CT molecular complexity index is 379. The zero-order chi connectivity index (χ0) is 22.1. The predicted octanol–water partition coefficient (Wildman–Crippen LogP) is 7.69. The van der Waals surface area contributed by atoms with Crippen molar-refractivity contribution < 1.29 is 0 Å². The van der Waals surface area contributed by atoms with E-state index in [4.69, 9.17) is 0 Å². The van der Waals surface area contributed by atoms with Crippen LogP contribution in [0.25, 0.3) is 0 Å². The summed E-state index contributed by atoms with van der Waals surface area (Å²) in [5.41, 5.74) is 1.22. The molecule has 0 aliphatic carbocycles. The first-order valence-corrected chi connectivity index (χ1v) is 12.6. The quantitative estimate of drug-likeness (QED) is 0.381. The van der Waals surface area contributed by atoms with E-state index in [1.54, 1.807) is 0 Å². The van der Waals surface area contributed by atoms with Crippen LogP contribution < -0.4 is 0 Å². The summed E-state index contributed by atoms with van der Waals surface area (Å²) in [7, 11) is 0. The van der Waals surface area contributed by atoms with E-state index in [1.807, 2.05) is 0 Å². The van der Waals surface area contributed by atoms with Gasteiger partial charge in [0.2, 0.25) is 0 Å². The van der Waals surface area contributed by atoms with Gasteiger partial charge in [0.15, 0.2) is 0 Å². The molecule has 0 N–H and O–H groups in total. The average molecular weight is 442 g/mol. The summed E-state index contributed by atoms with van der Waals surface area (Å²) in [6, 6.07) is 0. The van der Waals surface area contributed by atoms with Crippen molar-refractivity contribution in [2.24, 2.45) is 0 Å². The van der Waals surface area contributed by atoms with Crippen molar-refractivity contribution in [3.63, 3.8) is 0 Å². The van der Waals surface area contributed by atoms with E-state index >= 15 is 0 Å². The zero-order valence-corrected chi connectivity index (χ0v) is 21.7. The molecule has 0 aromatic rings. The van der Waals surface area contributed by atoms with Gasteiger partial charge >= 0.3 is 0 Å². The summed E-state index contributed by atoms with van der Waals surface area (Å²) in [5.74, 6) is 0. The van der Waals surface area contributed by atoms with E-state index in [0.29, 0.717) is 16.6 Å². The first-order valence-electron chi connectivity index (χ1n) is 12.6. The van der Waals surface area contributed by atoms with E-state index in [-0.39, 0.29) is 14.9 Å². The largest absolute Gasteiger partial charge is 0.298 e. The van der Waals surface area contributed by atoms with Gasteiger partial charge < -0.3 is 0 Å². The van der Waals surface area contributed by atoms with Crippen LogP contribution in [0.4, 0.5) is 0 Å². The number of hydrogen-bond acceptors (Lipinski definition) is 3. The lowest BCUT2D eigenvalue weighted by atomic mass is 10.0. The van der Waals surface area contributed by atoms with Gasteiger partial charge in [-0.1, -0.05) is 27.7 Å². The Labute approximate surface area is 199 Å². The molecule has 3 heteroatoms. The zero-order valence-electron chi connectivity index (χ0n) is 21.7. The van der Waals surface area contributed by atoms with Crippen LogP contribution in [-0.4, -0.2) is 70.6 Å². The predicted molar refractivity (Wildman–Crippen MR) is 144 cm³/mol. The minimum Gasteiger partial charge on any atom is -0.298 e. The molecule has 3 aliphatic rings. The van der Waals surface area contributed by atoms with Crippen LogP contribution >= 0.6 is 0 Å². The van der Waals surface area contributed by atoms with Gasteiger partial charge in [-0.05, 0) is 140 Å². The van der Waals surface area contributed by atoms with Crippen LogP contribution in [0.3, 0.4) is 0 Å². The Morgan fingerprint density at radius 1 is 0.323 bits per heavy atom. The molecule has 0 aromatic carbocycles. The fourth-order valence-corrected chi connectivity index (χ4v) is 4.52. The SMILES string of the molecule is C.C.CC(C)(C)N1CCCC1.CC(C)(C)N1CCCCC1.CC(C)(C)N1CCCCC1. The van der Waals surface area contributed by atoms with Crippen LogP contribution in [0.15, 0.2) is 0 Å². The van der Waals surface area contributed by atoms with E-state index in [0.717, 1.165) is 0 Å². The molecule has 3 aliphatic heterocycles. The molecule has 3 saturated heterocycles. The molecular formula is C28H63N3. The van der Waals surface area contributed by atoms with Crippen LogP contribution in [0.5, 0.6) is 0 Å². The minimum absolute atomic E-state index is 0. The van der Waals surface area contributed by atoms with E-state index in [2.05, 4.69) is 77.0 Å². The third kappa shape index (κ3) is 13.9. The van der Waals surface area contributed by atoms with E-state index in [1.165, 1.54) is 90.6 Å². The summed E-state index contributed by atoms with van der Waals surface area (Å²) in [4.78, 5) is 7.71. The number of hydrogen-bond donors (Lipinski definition) is 0. The number of rotatable bonds is 0. The highest BCUT2D eigenvalue weighted by atomic mass is 15.2. The molecule has 0 spiro atoms. The maximum Gasteiger partial charge on any atom is 0.0125 e. The number of piperidine rings is 2. The first kappa shape index (κ1) is 33.1. The molecule has 0 unspecified atom stereocenters. The van der Waals surface area contributed by atoms with Gasteiger partial charge in [-0.2, -0.15) is 0 Å². The Kier molecular flexibility index (Phi) is 15.9. The van der Waals surface area contributed by atoms with Crippen LogP contribution in [0.1, 0.15) is 129 Å². The second-order valence-electron chi connectivity index (χ2n) is 12.3.